The van der Waals surface area contributed by atoms with Crippen LogP contribution < -0.4 is 32.6 Å². The fourth-order valence-electron chi connectivity index (χ4n) is 7.47. The van der Waals surface area contributed by atoms with Gasteiger partial charge in [-0.1, -0.05) is 41.0 Å². The SMILES string of the molecule is CC.CCCNC(N)=O.COCc1c(C(O)C=O)cc2n(c1=O)Cc1c-2nc2cc(F)c(C)cc2c1CCCCOCNC(=O)CNC(=O)C(NC(=O)CCCCCN1C(=O)C=CC1=O)C(C)C. The number of nitrogens with two attached hydrogens (primary N) is 1. The molecule has 2 aliphatic rings. The number of pyridine rings is 2. The third-order valence-corrected chi connectivity index (χ3v) is 11.0. The van der Waals surface area contributed by atoms with E-state index in [0.29, 0.717) is 80.4 Å². The number of carbonyl (C=O) groups excluding carboxylic acids is 7. The second kappa shape index (κ2) is 28.1. The molecule has 2 atom stereocenters. The number of fused-ring (bicyclic) bond motifs is 4. The minimum absolute atomic E-state index is 0.0985. The summed E-state index contributed by atoms with van der Waals surface area (Å²) >= 11 is 0. The molecule has 372 valence electrons. The van der Waals surface area contributed by atoms with Crippen LogP contribution in [0.2, 0.25) is 0 Å². The zero-order valence-electron chi connectivity index (χ0n) is 40.1. The number of aryl methyl sites for hydroxylation is 2. The molecule has 2 aromatic heterocycles. The van der Waals surface area contributed by atoms with Gasteiger partial charge in [0.05, 0.1) is 36.6 Å². The number of aliphatic hydroxyl groups excluding tert-OH is 1. The Morgan fingerprint density at radius 2 is 1.66 bits per heavy atom. The number of unbranched alkanes of at least 4 members (excludes halogenated alkanes) is 3. The number of hydrogen-bond acceptors (Lipinski definition) is 12. The molecule has 68 heavy (non-hydrogen) atoms. The van der Waals surface area contributed by atoms with Gasteiger partial charge in [-0.25, -0.2) is 14.2 Å². The molecule has 4 heterocycles. The number of aromatic nitrogens is 2. The molecule has 7 N–H and O–H groups in total. The van der Waals surface area contributed by atoms with Gasteiger partial charge in [0.1, 0.15) is 24.7 Å². The van der Waals surface area contributed by atoms with Crippen LogP contribution in [0.1, 0.15) is 113 Å². The molecule has 0 saturated heterocycles. The maximum absolute atomic E-state index is 14.8. The molecule has 0 fully saturated rings. The fraction of sp³-hybridized carbons (Fsp3) is 0.521. The zero-order valence-corrected chi connectivity index (χ0v) is 40.1. The van der Waals surface area contributed by atoms with Crippen molar-refractivity contribution in [2.75, 3.05) is 40.1 Å². The van der Waals surface area contributed by atoms with E-state index in [9.17, 15) is 47.9 Å². The molecular weight excluding hydrogens is 884 g/mol. The Labute approximate surface area is 395 Å². The number of primary amides is 1. The molecule has 2 aliphatic heterocycles. The first-order valence-electron chi connectivity index (χ1n) is 23.0. The Hall–Kier alpha value is -6.38. The molecule has 0 aliphatic carbocycles. The van der Waals surface area contributed by atoms with Crippen LogP contribution >= 0.6 is 0 Å². The van der Waals surface area contributed by atoms with Gasteiger partial charge < -0.3 is 50.9 Å². The molecule has 20 heteroatoms. The summed E-state index contributed by atoms with van der Waals surface area (Å²) in [6, 6.07) is 3.38. The van der Waals surface area contributed by atoms with Crippen LogP contribution in [0.5, 0.6) is 0 Å². The lowest BCUT2D eigenvalue weighted by atomic mass is 9.95. The van der Waals surface area contributed by atoms with E-state index in [1.165, 1.54) is 29.9 Å². The van der Waals surface area contributed by atoms with Crippen LogP contribution in [0.3, 0.4) is 0 Å². The number of urea groups is 1. The van der Waals surface area contributed by atoms with E-state index < -0.39 is 41.4 Å². The highest BCUT2D eigenvalue weighted by molar-refractivity contribution is 6.12. The van der Waals surface area contributed by atoms with Crippen LogP contribution in [0.4, 0.5) is 9.18 Å². The molecule has 0 radical (unpaired) electrons. The van der Waals surface area contributed by atoms with Crippen molar-refractivity contribution in [1.82, 2.24) is 35.7 Å². The summed E-state index contributed by atoms with van der Waals surface area (Å²) in [7, 11) is 1.41. The second-order valence-corrected chi connectivity index (χ2v) is 16.3. The third-order valence-electron chi connectivity index (χ3n) is 11.0. The molecule has 1 aromatic carbocycles. The summed E-state index contributed by atoms with van der Waals surface area (Å²) in [5, 5.41) is 21.5. The highest BCUT2D eigenvalue weighted by Crippen LogP contribution is 2.38. The highest BCUT2D eigenvalue weighted by atomic mass is 19.1. The van der Waals surface area contributed by atoms with E-state index in [0.717, 1.165) is 27.8 Å². The summed E-state index contributed by atoms with van der Waals surface area (Å²) in [5.74, 6) is -2.66. The number of aldehydes is 1. The number of aliphatic hydroxyl groups is 1. The van der Waals surface area contributed by atoms with Crippen molar-refractivity contribution in [1.29, 1.82) is 0 Å². The maximum atomic E-state index is 14.8. The average molecular weight is 951 g/mol. The van der Waals surface area contributed by atoms with Gasteiger partial charge in [-0.05, 0) is 74.6 Å². The van der Waals surface area contributed by atoms with Crippen LogP contribution in [0.25, 0.3) is 22.3 Å². The lowest BCUT2D eigenvalue weighted by molar-refractivity contribution is -0.137. The largest absolute Gasteiger partial charge is 0.381 e. The van der Waals surface area contributed by atoms with Gasteiger partial charge in [-0.3, -0.25) is 33.7 Å². The third kappa shape index (κ3) is 15.6. The van der Waals surface area contributed by atoms with Crippen LogP contribution in [-0.2, 0) is 57.8 Å². The Morgan fingerprint density at radius 1 is 0.956 bits per heavy atom. The summed E-state index contributed by atoms with van der Waals surface area (Å²) in [5.41, 5.74) is 8.04. The van der Waals surface area contributed by atoms with Gasteiger partial charge in [-0.15, -0.1) is 0 Å². The first kappa shape index (κ1) is 55.9. The standard InChI is InChI=1S/C42H51FN6O10.C4H10N2O.C2H6/c1-24(2)39(47-35(52)11-6-5-8-14-48-37(54)12-13-38(48)55)41(56)44-19-36(53)45-23-59-15-9-7-10-26-27-16-25(3)31(43)18-32(27)46-40-29(26)20-49-33(40)17-28(34(51)21-50)30(22-58-4)42(49)57;1-2-3-6-4(5)7;1-2/h12-13,16-18,21,24,34,39,51H,5-11,14-15,19-20,22-23H2,1-4H3,(H,44,56)(H,45,53)(H,47,52);2-3H2,1H3,(H3,5,6,7);1-2H3. The summed E-state index contributed by atoms with van der Waals surface area (Å²) in [6.07, 6.45) is 5.83. The molecule has 7 amide bonds. The number of nitrogens with zero attached hydrogens (tertiary/aromatic N) is 3. The number of amides is 7. The molecule has 5 rings (SSSR count). The first-order valence-corrected chi connectivity index (χ1v) is 23.0. The number of halogens is 1. The van der Waals surface area contributed by atoms with Crippen molar-refractivity contribution in [2.24, 2.45) is 11.7 Å². The fourth-order valence-corrected chi connectivity index (χ4v) is 7.47. The summed E-state index contributed by atoms with van der Waals surface area (Å²) in [6.45, 7) is 12.1. The molecule has 19 nitrogen and oxygen atoms in total. The maximum Gasteiger partial charge on any atom is 0.312 e. The number of carbonyl (C=O) groups is 7. The molecule has 0 bridgehead atoms. The number of hydrogen-bond donors (Lipinski definition) is 6. The topological polar surface area (TPSA) is 270 Å². The number of nitrogens with one attached hydrogen (secondary N) is 4. The molecular formula is C48H67FN8O11. The van der Waals surface area contributed by atoms with Crippen molar-refractivity contribution < 1.29 is 52.5 Å². The number of benzene rings is 1. The van der Waals surface area contributed by atoms with Crippen molar-refractivity contribution >= 4 is 52.8 Å². The minimum atomic E-state index is -1.54. The van der Waals surface area contributed by atoms with Gasteiger partial charge in [0.15, 0.2) is 6.29 Å². The van der Waals surface area contributed by atoms with E-state index >= 15 is 0 Å². The normalized spacial score (nSPS) is 13.2. The van der Waals surface area contributed by atoms with Crippen molar-refractivity contribution in [3.05, 3.63) is 74.3 Å². The monoisotopic (exact) mass is 950 g/mol. The van der Waals surface area contributed by atoms with E-state index in [1.807, 2.05) is 20.8 Å². The Balaban J connectivity index is 0.00000124. The lowest BCUT2D eigenvalue weighted by Crippen LogP contribution is -2.51. The van der Waals surface area contributed by atoms with E-state index in [4.69, 9.17) is 20.2 Å². The van der Waals surface area contributed by atoms with Crippen molar-refractivity contribution in [2.45, 2.75) is 118 Å². The van der Waals surface area contributed by atoms with Crippen LogP contribution in [0, 0.1) is 18.7 Å². The van der Waals surface area contributed by atoms with Crippen LogP contribution in [-0.4, -0.2) is 108 Å². The number of methoxy groups -OCH3 is 1. The minimum Gasteiger partial charge on any atom is -0.381 e. The van der Waals surface area contributed by atoms with Crippen molar-refractivity contribution in [3.8, 4) is 11.4 Å². The Bertz CT molecular complexity index is 2350. The molecule has 0 saturated carbocycles. The van der Waals surface area contributed by atoms with E-state index in [-0.39, 0.29) is 74.2 Å². The predicted molar refractivity (Wildman–Crippen MR) is 252 cm³/mol. The van der Waals surface area contributed by atoms with Crippen molar-refractivity contribution in [3.63, 3.8) is 0 Å². The van der Waals surface area contributed by atoms with E-state index in [1.54, 1.807) is 32.9 Å². The molecule has 0 spiro atoms. The lowest BCUT2D eigenvalue weighted by Gasteiger charge is -2.21. The summed E-state index contributed by atoms with van der Waals surface area (Å²) < 4.78 is 27.1. The Morgan fingerprint density at radius 3 is 2.28 bits per heavy atom. The predicted octanol–water partition coefficient (Wildman–Crippen LogP) is 3.50. The second-order valence-electron chi connectivity index (χ2n) is 16.3. The Kier molecular flexibility index (Phi) is 23.1. The number of imide groups is 1. The average Bonchev–Trinajstić information content (AvgIpc) is 3.85. The van der Waals surface area contributed by atoms with Gasteiger partial charge in [0, 0.05) is 73.5 Å². The van der Waals surface area contributed by atoms with Gasteiger partial charge in [-0.2, -0.15) is 0 Å². The van der Waals surface area contributed by atoms with Gasteiger partial charge in [0.2, 0.25) is 17.7 Å². The van der Waals surface area contributed by atoms with E-state index in [2.05, 4.69) is 21.3 Å². The number of ether oxygens (including phenoxy) is 2. The first-order chi connectivity index (χ1) is 32.5. The zero-order chi connectivity index (χ0) is 50.5. The van der Waals surface area contributed by atoms with Crippen LogP contribution in [0.15, 0.2) is 35.1 Å². The quantitative estimate of drug-likeness (QED) is 0.0255. The highest BCUT2D eigenvalue weighted by Gasteiger charge is 2.30. The van der Waals surface area contributed by atoms with Gasteiger partial charge in [0.25, 0.3) is 17.4 Å². The molecule has 2 unspecified atom stereocenters. The summed E-state index contributed by atoms with van der Waals surface area (Å²) in [4.78, 5) is 102. The number of rotatable bonds is 24. The van der Waals surface area contributed by atoms with Gasteiger partial charge >= 0.3 is 6.03 Å². The molecule has 3 aromatic rings. The smallest absolute Gasteiger partial charge is 0.312 e.